The van der Waals surface area contributed by atoms with Crippen molar-refractivity contribution in [2.45, 2.75) is 0 Å². The second-order valence-corrected chi connectivity index (χ2v) is 4.32. The number of nitro groups is 2. The third-order valence-electron chi connectivity index (χ3n) is 2.81. The number of carbonyl (C=O) groups excluding carboxylic acids is 1. The Morgan fingerprint density at radius 2 is 1.74 bits per heavy atom. The number of nitro benzene ring substituents is 2. The van der Waals surface area contributed by atoms with E-state index in [1.807, 2.05) is 0 Å². The largest absolute Gasteiger partial charge is 0.301 e. The van der Waals surface area contributed by atoms with E-state index >= 15 is 0 Å². The van der Waals surface area contributed by atoms with Crippen LogP contribution in [0.2, 0.25) is 0 Å². The number of rotatable bonds is 6. The number of ketones is 1. The van der Waals surface area contributed by atoms with Crippen LogP contribution in [-0.2, 0) is 0 Å². The van der Waals surface area contributed by atoms with Gasteiger partial charge in [0.15, 0.2) is 0 Å². The van der Waals surface area contributed by atoms with Crippen molar-refractivity contribution in [3.8, 4) is 0 Å². The van der Waals surface area contributed by atoms with Crippen LogP contribution >= 0.6 is 0 Å². The molecule has 0 aliphatic rings. The van der Waals surface area contributed by atoms with E-state index in [0.29, 0.717) is 5.56 Å². The van der Waals surface area contributed by atoms with Gasteiger partial charge in [0.25, 0.3) is 5.69 Å². The Bertz CT molecular complexity index is 789. The number of nitrogens with one attached hydrogen (secondary N) is 1. The van der Waals surface area contributed by atoms with E-state index < -0.39 is 21.2 Å². The fourth-order valence-electron chi connectivity index (χ4n) is 1.72. The summed E-state index contributed by atoms with van der Waals surface area (Å²) < 4.78 is 0. The molecule has 0 heterocycles. The van der Waals surface area contributed by atoms with Gasteiger partial charge in [-0.3, -0.25) is 30.4 Å². The summed E-state index contributed by atoms with van der Waals surface area (Å²) in [5, 5.41) is 25.2. The van der Waals surface area contributed by atoms with E-state index in [-0.39, 0.29) is 11.5 Å². The minimum absolute atomic E-state index is 0.0577. The first kappa shape index (κ1) is 15.8. The van der Waals surface area contributed by atoms with Crippen LogP contribution in [0.5, 0.6) is 0 Å². The lowest BCUT2D eigenvalue weighted by molar-refractivity contribution is -0.393. The lowest BCUT2D eigenvalue weighted by Crippen LogP contribution is -2.03. The molecular weight excluding hydrogens is 304 g/mol. The maximum absolute atomic E-state index is 11.8. The summed E-state index contributed by atoms with van der Waals surface area (Å²) in [6.07, 6.45) is 0.973. The van der Waals surface area contributed by atoms with Crippen molar-refractivity contribution in [2.75, 3.05) is 5.43 Å². The van der Waals surface area contributed by atoms with Crippen LogP contribution < -0.4 is 5.43 Å². The van der Waals surface area contributed by atoms with Gasteiger partial charge in [0.05, 0.1) is 22.1 Å². The number of Topliss-reactive ketones (excluding diaryl/α,β-unsaturated/α-hetero) is 1. The standard InChI is InChI=1S/C14H10N4O5/c19-14(10-4-2-1-3-5-10)9-15-16-12-7-6-11(17(20)21)8-13(12)18(22)23/h1-9,16H. The molecule has 0 saturated heterocycles. The van der Waals surface area contributed by atoms with Crippen molar-refractivity contribution < 1.29 is 14.6 Å². The molecule has 9 nitrogen and oxygen atoms in total. The molecule has 2 rings (SSSR count). The first-order valence-electron chi connectivity index (χ1n) is 6.30. The lowest BCUT2D eigenvalue weighted by Gasteiger charge is -2.01. The van der Waals surface area contributed by atoms with E-state index in [1.165, 1.54) is 0 Å². The number of anilines is 1. The lowest BCUT2D eigenvalue weighted by atomic mass is 10.1. The summed E-state index contributed by atoms with van der Waals surface area (Å²) >= 11 is 0. The van der Waals surface area contributed by atoms with Crippen molar-refractivity contribution in [3.63, 3.8) is 0 Å². The van der Waals surface area contributed by atoms with Crippen LogP contribution in [0.1, 0.15) is 10.4 Å². The normalized spacial score (nSPS) is 10.4. The van der Waals surface area contributed by atoms with Gasteiger partial charge >= 0.3 is 5.69 Å². The Hall–Kier alpha value is -3.62. The van der Waals surface area contributed by atoms with Gasteiger partial charge in [0.1, 0.15) is 5.69 Å². The van der Waals surface area contributed by atoms with Gasteiger partial charge < -0.3 is 0 Å². The number of non-ortho nitro benzene ring substituents is 1. The third kappa shape index (κ3) is 3.94. The molecule has 116 valence electrons. The van der Waals surface area contributed by atoms with Crippen molar-refractivity contribution in [1.29, 1.82) is 0 Å². The predicted octanol–water partition coefficient (Wildman–Crippen LogP) is 2.78. The highest BCUT2D eigenvalue weighted by Crippen LogP contribution is 2.28. The van der Waals surface area contributed by atoms with Crippen LogP contribution in [0.15, 0.2) is 53.6 Å². The average Bonchev–Trinajstić information content (AvgIpc) is 2.55. The molecule has 0 spiro atoms. The predicted molar refractivity (Wildman–Crippen MR) is 82.6 cm³/mol. The minimum atomic E-state index is -0.774. The number of nitrogens with zero attached hydrogens (tertiary/aromatic N) is 3. The molecule has 0 atom stereocenters. The molecule has 0 bridgehead atoms. The molecule has 2 aromatic rings. The van der Waals surface area contributed by atoms with Gasteiger partial charge in [0, 0.05) is 11.6 Å². The monoisotopic (exact) mass is 314 g/mol. The van der Waals surface area contributed by atoms with E-state index in [1.54, 1.807) is 30.3 Å². The van der Waals surface area contributed by atoms with E-state index in [0.717, 1.165) is 24.4 Å². The summed E-state index contributed by atoms with van der Waals surface area (Å²) in [4.78, 5) is 31.8. The second kappa shape index (κ2) is 6.89. The van der Waals surface area contributed by atoms with E-state index in [9.17, 15) is 25.0 Å². The number of hydrazone groups is 1. The molecule has 9 heteroatoms. The molecule has 0 aromatic heterocycles. The molecule has 0 amide bonds. The molecule has 23 heavy (non-hydrogen) atoms. The first-order chi connectivity index (χ1) is 11.0. The summed E-state index contributed by atoms with van der Waals surface area (Å²) in [5.41, 5.74) is 1.78. The quantitative estimate of drug-likeness (QED) is 0.378. The number of carbonyl (C=O) groups is 1. The summed E-state index contributed by atoms with van der Waals surface area (Å²) in [6.45, 7) is 0. The Labute approximate surface area is 129 Å². The molecule has 0 unspecified atom stereocenters. The fourth-order valence-corrected chi connectivity index (χ4v) is 1.72. The molecule has 0 fully saturated rings. The number of hydrogen-bond acceptors (Lipinski definition) is 7. The fraction of sp³-hybridized carbons (Fsp3) is 0. The Balaban J connectivity index is 2.17. The molecule has 0 saturated carbocycles. The molecule has 2 aromatic carbocycles. The van der Waals surface area contributed by atoms with Crippen molar-refractivity contribution in [3.05, 3.63) is 74.3 Å². The van der Waals surface area contributed by atoms with Crippen LogP contribution in [0.3, 0.4) is 0 Å². The zero-order valence-corrected chi connectivity index (χ0v) is 11.6. The van der Waals surface area contributed by atoms with Crippen LogP contribution in [-0.4, -0.2) is 21.8 Å². The van der Waals surface area contributed by atoms with Gasteiger partial charge in [-0.1, -0.05) is 30.3 Å². The van der Waals surface area contributed by atoms with Gasteiger partial charge in [-0.15, -0.1) is 0 Å². The van der Waals surface area contributed by atoms with Gasteiger partial charge in [-0.2, -0.15) is 5.10 Å². The molecule has 1 N–H and O–H groups in total. The van der Waals surface area contributed by atoms with Gasteiger partial charge in [-0.05, 0) is 6.07 Å². The van der Waals surface area contributed by atoms with E-state index in [2.05, 4.69) is 10.5 Å². The SMILES string of the molecule is O=C(C=NNc1ccc([N+](=O)[O-])cc1[N+](=O)[O-])c1ccccc1. The zero-order valence-electron chi connectivity index (χ0n) is 11.6. The summed E-state index contributed by atoms with van der Waals surface area (Å²) in [5.74, 6) is -0.386. The van der Waals surface area contributed by atoms with Crippen LogP contribution in [0.4, 0.5) is 17.1 Å². The minimum Gasteiger partial charge on any atom is -0.287 e. The molecule has 0 radical (unpaired) electrons. The van der Waals surface area contributed by atoms with Crippen molar-refractivity contribution in [2.24, 2.45) is 5.10 Å². The molecule has 0 aliphatic heterocycles. The van der Waals surface area contributed by atoms with Crippen molar-refractivity contribution >= 4 is 29.1 Å². The highest BCUT2D eigenvalue weighted by molar-refractivity contribution is 6.35. The Morgan fingerprint density at radius 3 is 2.35 bits per heavy atom. The highest BCUT2D eigenvalue weighted by atomic mass is 16.6. The maximum atomic E-state index is 11.8. The maximum Gasteiger partial charge on any atom is 0.301 e. The number of benzene rings is 2. The van der Waals surface area contributed by atoms with Crippen LogP contribution in [0, 0.1) is 20.2 Å². The third-order valence-corrected chi connectivity index (χ3v) is 2.81. The topological polar surface area (TPSA) is 128 Å². The second-order valence-electron chi connectivity index (χ2n) is 4.32. The zero-order chi connectivity index (χ0) is 16.8. The Morgan fingerprint density at radius 1 is 1.04 bits per heavy atom. The first-order valence-corrected chi connectivity index (χ1v) is 6.30. The van der Waals surface area contributed by atoms with Crippen molar-refractivity contribution in [1.82, 2.24) is 0 Å². The van der Waals surface area contributed by atoms with Crippen LogP contribution in [0.25, 0.3) is 0 Å². The molecule has 0 aliphatic carbocycles. The smallest absolute Gasteiger partial charge is 0.287 e. The summed E-state index contributed by atoms with van der Waals surface area (Å²) in [7, 11) is 0. The number of hydrogen-bond donors (Lipinski definition) is 1. The molecular formula is C14H10N4O5. The Kier molecular flexibility index (Phi) is 4.72. The summed E-state index contributed by atoms with van der Waals surface area (Å²) in [6, 6.07) is 11.4. The highest BCUT2D eigenvalue weighted by Gasteiger charge is 2.19. The van der Waals surface area contributed by atoms with Gasteiger partial charge in [-0.25, -0.2) is 0 Å². The van der Waals surface area contributed by atoms with E-state index in [4.69, 9.17) is 0 Å². The van der Waals surface area contributed by atoms with Gasteiger partial charge in [0.2, 0.25) is 5.78 Å². The average molecular weight is 314 g/mol.